The maximum Gasteiger partial charge on any atom is 0.328 e. The van der Waals surface area contributed by atoms with E-state index in [1.54, 1.807) is 26.0 Å². The second-order valence-corrected chi connectivity index (χ2v) is 4.20. The topological polar surface area (TPSA) is 82.8 Å². The first-order chi connectivity index (χ1) is 9.11. The number of carbonyl (C=O) groups is 1. The molecule has 0 saturated carbocycles. The average Bonchev–Trinajstić information content (AvgIpc) is 2.39. The van der Waals surface area contributed by atoms with Gasteiger partial charge < -0.3 is 25.3 Å². The Kier molecular flexibility index (Phi) is 3.99. The Labute approximate surface area is 111 Å². The monoisotopic (exact) mass is 266 g/mol. The van der Waals surface area contributed by atoms with E-state index in [4.69, 9.17) is 19.9 Å². The van der Waals surface area contributed by atoms with Gasteiger partial charge >= 0.3 is 5.97 Å². The molecule has 1 unspecified atom stereocenters. The molecule has 1 aromatic carbocycles. The molecule has 19 heavy (non-hydrogen) atoms. The summed E-state index contributed by atoms with van der Waals surface area (Å²) in [7, 11) is 0. The molecule has 0 aliphatic carbocycles. The standard InChI is InChI=1S/C13H18N2O4/c1-3-17-13(16)8(2)15-10-7-12-11(6-9(10)14)18-4-5-19-12/h6-8,15H,3-5,14H2,1-2H3. The molecule has 0 saturated heterocycles. The maximum absolute atomic E-state index is 11.6. The SMILES string of the molecule is CCOC(=O)C(C)Nc1cc2c(cc1N)OCCO2. The minimum atomic E-state index is -0.482. The van der Waals surface area contributed by atoms with Crippen LogP contribution in [0.3, 0.4) is 0 Å². The van der Waals surface area contributed by atoms with Crippen molar-refractivity contribution < 1.29 is 19.0 Å². The summed E-state index contributed by atoms with van der Waals surface area (Å²) < 4.78 is 15.8. The molecule has 0 aromatic heterocycles. The highest BCUT2D eigenvalue weighted by atomic mass is 16.6. The molecule has 6 nitrogen and oxygen atoms in total. The first-order valence-corrected chi connectivity index (χ1v) is 6.24. The van der Waals surface area contributed by atoms with E-state index in [0.29, 0.717) is 42.7 Å². The van der Waals surface area contributed by atoms with Gasteiger partial charge in [-0.3, -0.25) is 0 Å². The van der Waals surface area contributed by atoms with Gasteiger partial charge in [-0.25, -0.2) is 4.79 Å². The Bertz CT molecular complexity index is 476. The van der Waals surface area contributed by atoms with Crippen LogP contribution < -0.4 is 20.5 Å². The number of carbonyl (C=O) groups excluding carboxylic acids is 1. The van der Waals surface area contributed by atoms with Crippen molar-refractivity contribution in [1.29, 1.82) is 0 Å². The Morgan fingerprint density at radius 3 is 2.68 bits per heavy atom. The van der Waals surface area contributed by atoms with Crippen molar-refractivity contribution in [3.8, 4) is 11.5 Å². The van der Waals surface area contributed by atoms with Crippen molar-refractivity contribution in [2.45, 2.75) is 19.9 Å². The van der Waals surface area contributed by atoms with Crippen LogP contribution in [-0.2, 0) is 9.53 Å². The fourth-order valence-electron chi connectivity index (χ4n) is 1.79. The Balaban J connectivity index is 2.14. The number of ether oxygens (including phenoxy) is 3. The predicted octanol–water partition coefficient (Wildman–Crippen LogP) is 1.40. The van der Waals surface area contributed by atoms with E-state index in [-0.39, 0.29) is 5.97 Å². The van der Waals surface area contributed by atoms with Crippen LogP contribution in [0.15, 0.2) is 12.1 Å². The summed E-state index contributed by atoms with van der Waals surface area (Å²) in [4.78, 5) is 11.6. The van der Waals surface area contributed by atoms with Crippen molar-refractivity contribution >= 4 is 17.3 Å². The molecular formula is C13H18N2O4. The quantitative estimate of drug-likeness (QED) is 0.633. The fourth-order valence-corrected chi connectivity index (χ4v) is 1.79. The Morgan fingerprint density at radius 2 is 2.05 bits per heavy atom. The lowest BCUT2D eigenvalue weighted by Gasteiger charge is -2.21. The molecule has 1 aromatic rings. The lowest BCUT2D eigenvalue weighted by atomic mass is 10.2. The summed E-state index contributed by atoms with van der Waals surface area (Å²) in [5.74, 6) is 0.925. The van der Waals surface area contributed by atoms with Crippen molar-refractivity contribution in [2.75, 3.05) is 30.9 Å². The van der Waals surface area contributed by atoms with Gasteiger partial charge in [0.15, 0.2) is 11.5 Å². The number of nitrogen functional groups attached to an aromatic ring is 1. The van der Waals surface area contributed by atoms with Crippen LogP contribution in [0.5, 0.6) is 11.5 Å². The lowest BCUT2D eigenvalue weighted by molar-refractivity contribution is -0.143. The molecule has 0 fully saturated rings. The second-order valence-electron chi connectivity index (χ2n) is 4.20. The molecule has 1 atom stereocenters. The number of benzene rings is 1. The van der Waals surface area contributed by atoms with Gasteiger partial charge in [0.25, 0.3) is 0 Å². The molecule has 1 heterocycles. The van der Waals surface area contributed by atoms with E-state index in [2.05, 4.69) is 5.32 Å². The zero-order chi connectivity index (χ0) is 13.8. The van der Waals surface area contributed by atoms with Crippen LogP contribution >= 0.6 is 0 Å². The molecule has 2 rings (SSSR count). The van der Waals surface area contributed by atoms with Crippen LogP contribution in [0.4, 0.5) is 11.4 Å². The number of fused-ring (bicyclic) bond motifs is 1. The number of anilines is 2. The van der Waals surface area contributed by atoms with Gasteiger partial charge in [-0.05, 0) is 13.8 Å². The third-order valence-electron chi connectivity index (χ3n) is 2.73. The number of rotatable bonds is 4. The van der Waals surface area contributed by atoms with Gasteiger partial charge in [0, 0.05) is 12.1 Å². The largest absolute Gasteiger partial charge is 0.486 e. The summed E-state index contributed by atoms with van der Waals surface area (Å²) in [5, 5.41) is 3.01. The third kappa shape index (κ3) is 3.01. The van der Waals surface area contributed by atoms with Crippen molar-refractivity contribution in [2.24, 2.45) is 0 Å². The smallest absolute Gasteiger partial charge is 0.328 e. The minimum absolute atomic E-state index is 0.322. The van der Waals surface area contributed by atoms with Gasteiger partial charge in [0.1, 0.15) is 19.3 Å². The summed E-state index contributed by atoms with van der Waals surface area (Å²) in [6.45, 7) is 4.85. The second kappa shape index (κ2) is 5.69. The summed E-state index contributed by atoms with van der Waals surface area (Å²) in [6.07, 6.45) is 0. The molecule has 0 radical (unpaired) electrons. The number of hydrogen-bond donors (Lipinski definition) is 2. The fraction of sp³-hybridized carbons (Fsp3) is 0.462. The molecule has 0 bridgehead atoms. The van der Waals surface area contributed by atoms with Crippen LogP contribution in [0.25, 0.3) is 0 Å². The van der Waals surface area contributed by atoms with Crippen molar-refractivity contribution in [3.63, 3.8) is 0 Å². The molecule has 1 aliphatic rings. The van der Waals surface area contributed by atoms with Gasteiger partial charge in [0.2, 0.25) is 0 Å². The van der Waals surface area contributed by atoms with Crippen molar-refractivity contribution in [3.05, 3.63) is 12.1 Å². The molecular weight excluding hydrogens is 248 g/mol. The molecule has 6 heteroatoms. The van der Waals surface area contributed by atoms with Gasteiger partial charge in [-0.2, -0.15) is 0 Å². The summed E-state index contributed by atoms with van der Waals surface area (Å²) >= 11 is 0. The molecule has 104 valence electrons. The average molecular weight is 266 g/mol. The summed E-state index contributed by atoms with van der Waals surface area (Å²) in [5.41, 5.74) is 7.05. The van der Waals surface area contributed by atoms with E-state index in [9.17, 15) is 4.79 Å². The molecule has 3 N–H and O–H groups in total. The van der Waals surface area contributed by atoms with Crippen LogP contribution in [0.1, 0.15) is 13.8 Å². The predicted molar refractivity (Wildman–Crippen MR) is 71.6 cm³/mol. The third-order valence-corrected chi connectivity index (χ3v) is 2.73. The Morgan fingerprint density at radius 1 is 1.42 bits per heavy atom. The minimum Gasteiger partial charge on any atom is -0.486 e. The van der Waals surface area contributed by atoms with E-state index in [1.807, 2.05) is 0 Å². The molecule has 1 aliphatic heterocycles. The van der Waals surface area contributed by atoms with E-state index >= 15 is 0 Å². The van der Waals surface area contributed by atoms with Gasteiger partial charge in [-0.15, -0.1) is 0 Å². The van der Waals surface area contributed by atoms with Gasteiger partial charge in [0.05, 0.1) is 18.0 Å². The van der Waals surface area contributed by atoms with E-state index < -0.39 is 6.04 Å². The first-order valence-electron chi connectivity index (χ1n) is 6.24. The zero-order valence-electron chi connectivity index (χ0n) is 11.1. The van der Waals surface area contributed by atoms with E-state index in [0.717, 1.165) is 0 Å². The number of hydrogen-bond acceptors (Lipinski definition) is 6. The van der Waals surface area contributed by atoms with Gasteiger partial charge in [-0.1, -0.05) is 0 Å². The van der Waals surface area contributed by atoms with Crippen LogP contribution in [0, 0.1) is 0 Å². The normalized spacial score (nSPS) is 14.6. The molecule has 0 spiro atoms. The molecule has 0 amide bonds. The summed E-state index contributed by atoms with van der Waals surface area (Å²) in [6, 6.07) is 2.94. The first kappa shape index (κ1) is 13.3. The lowest BCUT2D eigenvalue weighted by Crippen LogP contribution is -2.28. The van der Waals surface area contributed by atoms with Crippen molar-refractivity contribution in [1.82, 2.24) is 0 Å². The number of esters is 1. The highest BCUT2D eigenvalue weighted by molar-refractivity contribution is 5.82. The van der Waals surface area contributed by atoms with Crippen LogP contribution in [0.2, 0.25) is 0 Å². The number of nitrogens with two attached hydrogens (primary N) is 1. The number of nitrogens with one attached hydrogen (secondary N) is 1. The van der Waals surface area contributed by atoms with Crippen LogP contribution in [-0.4, -0.2) is 31.8 Å². The maximum atomic E-state index is 11.6. The zero-order valence-corrected chi connectivity index (χ0v) is 11.1. The highest BCUT2D eigenvalue weighted by Gasteiger charge is 2.18. The van der Waals surface area contributed by atoms with E-state index in [1.165, 1.54) is 0 Å². The highest BCUT2D eigenvalue weighted by Crippen LogP contribution is 2.37. The Hall–Kier alpha value is -2.11.